The number of carbonyl (C=O) groups is 3. The molecule has 2 aromatic carbocycles. The Morgan fingerprint density at radius 1 is 1.18 bits per heavy atom. The Labute approximate surface area is 206 Å². The largest absolute Gasteiger partial charge is 0.493 e. The van der Waals surface area contributed by atoms with Gasteiger partial charge in [-0.2, -0.15) is 0 Å². The van der Waals surface area contributed by atoms with Crippen molar-refractivity contribution in [1.82, 2.24) is 9.80 Å². The molecule has 0 aromatic heterocycles. The van der Waals surface area contributed by atoms with Crippen LogP contribution in [-0.2, 0) is 20.9 Å². The van der Waals surface area contributed by atoms with Gasteiger partial charge in [0.15, 0.2) is 11.5 Å². The summed E-state index contributed by atoms with van der Waals surface area (Å²) in [6.45, 7) is 1.72. The second-order valence-corrected chi connectivity index (χ2v) is 8.99. The van der Waals surface area contributed by atoms with E-state index < -0.39 is 11.1 Å². The Bertz CT molecular complexity index is 1130. The standard InChI is InChI=1S/C24H23ClN2O6S/c1-31-19-7-3-5-17(22(19)33-15-16-4-2-6-18(25)12-16)13-20-23(29)27(24(30)34-20)14-21(28)26-8-10-32-11-9-26/h2-7,12-13H,8-11,14-15H2,1H3/b20-13-. The quantitative estimate of drug-likeness (QED) is 0.532. The lowest BCUT2D eigenvalue weighted by Gasteiger charge is -2.28. The highest BCUT2D eigenvalue weighted by Gasteiger charge is 2.37. The molecular weight excluding hydrogens is 480 g/mol. The van der Waals surface area contributed by atoms with Crippen molar-refractivity contribution in [2.45, 2.75) is 6.61 Å². The van der Waals surface area contributed by atoms with Gasteiger partial charge in [-0.3, -0.25) is 19.3 Å². The molecule has 2 saturated heterocycles. The van der Waals surface area contributed by atoms with Gasteiger partial charge in [-0.25, -0.2) is 0 Å². The van der Waals surface area contributed by atoms with Crippen molar-refractivity contribution in [2.24, 2.45) is 0 Å². The van der Waals surface area contributed by atoms with Crippen molar-refractivity contribution < 1.29 is 28.6 Å². The summed E-state index contributed by atoms with van der Waals surface area (Å²) in [4.78, 5) is 40.8. The van der Waals surface area contributed by atoms with Crippen molar-refractivity contribution in [3.05, 3.63) is 63.5 Å². The zero-order chi connectivity index (χ0) is 24.1. The van der Waals surface area contributed by atoms with Crippen LogP contribution in [0.4, 0.5) is 4.79 Å². The molecule has 2 fully saturated rings. The molecule has 0 N–H and O–H groups in total. The van der Waals surface area contributed by atoms with Gasteiger partial charge in [0.1, 0.15) is 13.2 Å². The number of carbonyl (C=O) groups excluding carboxylic acids is 3. The van der Waals surface area contributed by atoms with Gasteiger partial charge in [-0.05, 0) is 41.6 Å². The fourth-order valence-electron chi connectivity index (χ4n) is 3.57. The number of amides is 3. The van der Waals surface area contributed by atoms with Crippen LogP contribution in [-0.4, -0.2) is 66.8 Å². The molecule has 0 radical (unpaired) electrons. The second-order valence-electron chi connectivity index (χ2n) is 7.56. The average molecular weight is 503 g/mol. The van der Waals surface area contributed by atoms with Crippen molar-refractivity contribution in [1.29, 1.82) is 0 Å². The van der Waals surface area contributed by atoms with Gasteiger partial charge >= 0.3 is 0 Å². The minimum Gasteiger partial charge on any atom is -0.493 e. The molecule has 8 nitrogen and oxygen atoms in total. The van der Waals surface area contributed by atoms with Crippen molar-refractivity contribution >= 4 is 46.5 Å². The van der Waals surface area contributed by atoms with E-state index in [0.717, 1.165) is 22.2 Å². The van der Waals surface area contributed by atoms with E-state index in [-0.39, 0.29) is 24.0 Å². The van der Waals surface area contributed by atoms with Gasteiger partial charge in [0, 0.05) is 23.7 Å². The lowest BCUT2D eigenvalue weighted by molar-refractivity contribution is -0.139. The smallest absolute Gasteiger partial charge is 0.294 e. The van der Waals surface area contributed by atoms with Crippen LogP contribution in [0.15, 0.2) is 47.4 Å². The van der Waals surface area contributed by atoms with Gasteiger partial charge < -0.3 is 19.1 Å². The van der Waals surface area contributed by atoms with Crippen LogP contribution < -0.4 is 9.47 Å². The first-order chi connectivity index (χ1) is 16.5. The van der Waals surface area contributed by atoms with Crippen LogP contribution in [0, 0.1) is 0 Å². The SMILES string of the molecule is COc1cccc(/C=C2\SC(=O)N(CC(=O)N3CCOCC3)C2=O)c1OCc1cccc(Cl)c1. The molecule has 2 aliphatic rings. The molecule has 10 heteroatoms. The lowest BCUT2D eigenvalue weighted by atomic mass is 10.1. The number of nitrogens with zero attached hydrogens (tertiary/aromatic N) is 2. The molecule has 34 heavy (non-hydrogen) atoms. The number of rotatable bonds is 7. The summed E-state index contributed by atoms with van der Waals surface area (Å²) in [6, 6.07) is 12.6. The Hall–Kier alpha value is -3.01. The molecule has 0 atom stereocenters. The van der Waals surface area contributed by atoms with Gasteiger partial charge in [-0.1, -0.05) is 35.9 Å². The third kappa shape index (κ3) is 5.55. The van der Waals surface area contributed by atoms with Crippen LogP contribution in [0.3, 0.4) is 0 Å². The third-order valence-corrected chi connectivity index (χ3v) is 6.46. The molecule has 0 bridgehead atoms. The van der Waals surface area contributed by atoms with Crippen LogP contribution >= 0.6 is 23.4 Å². The molecule has 0 aliphatic carbocycles. The number of methoxy groups -OCH3 is 1. The first-order valence-corrected chi connectivity index (χ1v) is 11.8. The number of benzene rings is 2. The first kappa shape index (κ1) is 24.1. The zero-order valence-corrected chi connectivity index (χ0v) is 20.1. The highest BCUT2D eigenvalue weighted by atomic mass is 35.5. The Kier molecular flexibility index (Phi) is 7.77. The van der Waals surface area contributed by atoms with Crippen molar-refractivity contribution in [3.63, 3.8) is 0 Å². The molecule has 0 saturated carbocycles. The summed E-state index contributed by atoms with van der Waals surface area (Å²) < 4.78 is 16.7. The van der Waals surface area contributed by atoms with E-state index >= 15 is 0 Å². The summed E-state index contributed by atoms with van der Waals surface area (Å²) in [5, 5.41) is 0.115. The highest BCUT2D eigenvalue weighted by molar-refractivity contribution is 8.18. The van der Waals surface area contributed by atoms with Crippen molar-refractivity contribution in [3.8, 4) is 11.5 Å². The highest BCUT2D eigenvalue weighted by Crippen LogP contribution is 2.37. The van der Waals surface area contributed by atoms with Crippen LogP contribution in [0.2, 0.25) is 5.02 Å². The third-order valence-electron chi connectivity index (χ3n) is 5.32. The number of imide groups is 1. The zero-order valence-electron chi connectivity index (χ0n) is 18.5. The molecule has 2 heterocycles. The topological polar surface area (TPSA) is 85.4 Å². The number of para-hydroxylation sites is 1. The van der Waals surface area contributed by atoms with E-state index in [1.54, 1.807) is 41.3 Å². The normalized spacial score (nSPS) is 17.4. The molecule has 0 unspecified atom stereocenters. The minimum atomic E-state index is -0.514. The molecule has 4 rings (SSSR count). The van der Waals surface area contributed by atoms with Gasteiger partial charge in [-0.15, -0.1) is 0 Å². The Morgan fingerprint density at radius 2 is 1.94 bits per heavy atom. The van der Waals surface area contributed by atoms with Crippen LogP contribution in [0.5, 0.6) is 11.5 Å². The van der Waals surface area contributed by atoms with E-state index in [1.165, 1.54) is 7.11 Å². The maximum absolute atomic E-state index is 13.0. The molecule has 2 aromatic rings. The number of hydrogen-bond acceptors (Lipinski definition) is 7. The number of halogens is 1. The van der Waals surface area contributed by atoms with E-state index in [2.05, 4.69) is 0 Å². The first-order valence-electron chi connectivity index (χ1n) is 10.6. The Morgan fingerprint density at radius 3 is 2.68 bits per heavy atom. The summed E-state index contributed by atoms with van der Waals surface area (Å²) in [6.07, 6.45) is 1.58. The lowest BCUT2D eigenvalue weighted by Crippen LogP contribution is -2.46. The van der Waals surface area contributed by atoms with Gasteiger partial charge in [0.2, 0.25) is 5.91 Å². The van der Waals surface area contributed by atoms with Crippen LogP contribution in [0.1, 0.15) is 11.1 Å². The fourth-order valence-corrected chi connectivity index (χ4v) is 4.61. The Balaban J connectivity index is 1.53. The van der Waals surface area contributed by atoms with Crippen molar-refractivity contribution in [2.75, 3.05) is 40.0 Å². The number of morpholine rings is 1. The fraction of sp³-hybridized carbons (Fsp3) is 0.292. The predicted molar refractivity (Wildman–Crippen MR) is 129 cm³/mol. The second kappa shape index (κ2) is 10.9. The molecular formula is C24H23ClN2O6S. The van der Waals surface area contributed by atoms with Gasteiger partial charge in [0.05, 0.1) is 25.2 Å². The summed E-state index contributed by atoms with van der Waals surface area (Å²) in [7, 11) is 1.52. The monoisotopic (exact) mass is 502 g/mol. The summed E-state index contributed by atoms with van der Waals surface area (Å²) in [5.74, 6) is 0.123. The number of hydrogen-bond donors (Lipinski definition) is 0. The summed E-state index contributed by atoms with van der Waals surface area (Å²) in [5.41, 5.74) is 1.44. The average Bonchev–Trinajstić information content (AvgIpc) is 3.11. The maximum atomic E-state index is 13.0. The molecule has 0 spiro atoms. The van der Waals surface area contributed by atoms with Gasteiger partial charge in [0.25, 0.3) is 11.1 Å². The minimum absolute atomic E-state index is 0.209. The molecule has 2 aliphatic heterocycles. The van der Waals surface area contributed by atoms with E-state index in [4.69, 9.17) is 25.8 Å². The van der Waals surface area contributed by atoms with E-state index in [9.17, 15) is 14.4 Å². The number of thioether (sulfide) groups is 1. The van der Waals surface area contributed by atoms with Crippen LogP contribution in [0.25, 0.3) is 6.08 Å². The number of ether oxygens (including phenoxy) is 3. The molecule has 3 amide bonds. The molecule has 178 valence electrons. The van der Waals surface area contributed by atoms with E-state index in [0.29, 0.717) is 48.4 Å². The predicted octanol–water partition coefficient (Wildman–Crippen LogP) is 3.82. The summed E-state index contributed by atoms with van der Waals surface area (Å²) >= 11 is 6.85. The van der Waals surface area contributed by atoms with E-state index in [1.807, 2.05) is 12.1 Å². The maximum Gasteiger partial charge on any atom is 0.294 e.